The largest absolute Gasteiger partial charge is 0.357 e. The second-order valence-electron chi connectivity index (χ2n) is 5.85. The maximum atomic E-state index is 13.4. The summed E-state index contributed by atoms with van der Waals surface area (Å²) in [5.74, 6) is -0.495. The second kappa shape index (κ2) is 7.14. The van der Waals surface area contributed by atoms with Gasteiger partial charge in [0, 0.05) is 31.5 Å². The lowest BCUT2D eigenvalue weighted by atomic mass is 10.3. The smallest absolute Gasteiger partial charge is 0.229 e. The molecule has 0 fully saturated rings. The Morgan fingerprint density at radius 2 is 1.86 bits per heavy atom. The van der Waals surface area contributed by atoms with Gasteiger partial charge in [0.05, 0.1) is 6.20 Å². The molecule has 4 rings (SSSR count). The van der Waals surface area contributed by atoms with Crippen LogP contribution in [-0.2, 0) is 6.54 Å². The lowest BCUT2D eigenvalue weighted by molar-refractivity contribution is 0.509. The summed E-state index contributed by atoms with van der Waals surface area (Å²) in [6, 6.07) is 5.27. The van der Waals surface area contributed by atoms with Gasteiger partial charge in [0.25, 0.3) is 0 Å². The first-order valence-electron chi connectivity index (χ1n) is 8.55. The zero-order valence-electron chi connectivity index (χ0n) is 15.1. The van der Waals surface area contributed by atoms with Crippen LogP contribution in [-0.4, -0.2) is 36.5 Å². The van der Waals surface area contributed by atoms with Crippen molar-refractivity contribution in [1.29, 1.82) is 0 Å². The van der Waals surface area contributed by atoms with Crippen molar-refractivity contribution >= 4 is 28.7 Å². The molecule has 0 aliphatic carbocycles. The fourth-order valence-electron chi connectivity index (χ4n) is 2.78. The van der Waals surface area contributed by atoms with Gasteiger partial charge in [0.2, 0.25) is 11.9 Å². The number of imidazole rings is 1. The number of nitrogens with one attached hydrogen (secondary N) is 2. The Labute approximate surface area is 158 Å². The minimum Gasteiger partial charge on any atom is -0.357 e. The Morgan fingerprint density at radius 3 is 2.61 bits per heavy atom. The molecule has 0 atom stereocenters. The second-order valence-corrected chi connectivity index (χ2v) is 5.85. The Hall–Kier alpha value is -3.69. The Morgan fingerprint density at radius 1 is 1.00 bits per heavy atom. The Kier molecular flexibility index (Phi) is 4.52. The van der Waals surface area contributed by atoms with Crippen LogP contribution in [0.2, 0.25) is 0 Å². The van der Waals surface area contributed by atoms with Gasteiger partial charge in [-0.1, -0.05) is 0 Å². The van der Waals surface area contributed by atoms with Gasteiger partial charge in [0.1, 0.15) is 11.2 Å². The average Bonchev–Trinajstić information content (AvgIpc) is 3.08. The van der Waals surface area contributed by atoms with Crippen molar-refractivity contribution < 1.29 is 8.78 Å². The maximum Gasteiger partial charge on any atom is 0.229 e. The van der Waals surface area contributed by atoms with Crippen molar-refractivity contribution in [2.45, 2.75) is 13.5 Å². The zero-order chi connectivity index (χ0) is 19.7. The zero-order valence-corrected chi connectivity index (χ0v) is 15.1. The number of benzene rings is 1. The van der Waals surface area contributed by atoms with Crippen molar-refractivity contribution in [2.24, 2.45) is 0 Å². The number of fused-ring (bicyclic) bond motifs is 1. The third-order valence-electron chi connectivity index (χ3n) is 4.09. The minimum atomic E-state index is -0.948. The fourth-order valence-corrected chi connectivity index (χ4v) is 2.78. The van der Waals surface area contributed by atoms with Crippen molar-refractivity contribution in [2.75, 3.05) is 17.7 Å². The van der Waals surface area contributed by atoms with E-state index in [0.717, 1.165) is 12.1 Å². The van der Waals surface area contributed by atoms with Crippen LogP contribution in [0.3, 0.4) is 0 Å². The summed E-state index contributed by atoms with van der Waals surface area (Å²) in [6.45, 7) is 2.57. The lowest BCUT2D eigenvalue weighted by Crippen LogP contribution is -2.04. The number of rotatable bonds is 5. The molecule has 1 aromatic carbocycles. The van der Waals surface area contributed by atoms with E-state index in [1.807, 2.05) is 11.5 Å². The molecule has 0 radical (unpaired) electrons. The van der Waals surface area contributed by atoms with E-state index >= 15 is 0 Å². The SMILES string of the molecule is CCn1c(-c2ccnc(NC)n2)nc2cnc(Nc3ccc(F)c(F)c3)nc21. The Bertz CT molecular complexity index is 1160. The van der Waals surface area contributed by atoms with Gasteiger partial charge in [-0.15, -0.1) is 0 Å². The number of hydrogen-bond acceptors (Lipinski definition) is 7. The molecule has 0 amide bonds. The summed E-state index contributed by atoms with van der Waals surface area (Å²) < 4.78 is 28.4. The first-order chi connectivity index (χ1) is 13.6. The van der Waals surface area contributed by atoms with Crippen molar-refractivity contribution in [3.63, 3.8) is 0 Å². The molecule has 28 heavy (non-hydrogen) atoms. The highest BCUT2D eigenvalue weighted by Gasteiger charge is 2.16. The summed E-state index contributed by atoms with van der Waals surface area (Å²) >= 11 is 0. The molecule has 8 nitrogen and oxygen atoms in total. The van der Waals surface area contributed by atoms with Crippen LogP contribution < -0.4 is 10.6 Å². The highest BCUT2D eigenvalue weighted by Crippen LogP contribution is 2.24. The van der Waals surface area contributed by atoms with E-state index in [-0.39, 0.29) is 5.95 Å². The number of nitrogens with zero attached hydrogens (tertiary/aromatic N) is 6. The first kappa shape index (κ1) is 17.7. The van der Waals surface area contributed by atoms with Crippen LogP contribution in [0.4, 0.5) is 26.4 Å². The predicted molar refractivity (Wildman–Crippen MR) is 101 cm³/mol. The molecule has 0 spiro atoms. The molecule has 0 aliphatic heterocycles. The van der Waals surface area contributed by atoms with Crippen LogP contribution >= 0.6 is 0 Å². The van der Waals surface area contributed by atoms with E-state index in [0.29, 0.717) is 40.9 Å². The molecule has 10 heteroatoms. The third kappa shape index (κ3) is 3.20. The fraction of sp³-hybridized carbons (Fsp3) is 0.167. The van der Waals surface area contributed by atoms with Crippen LogP contribution in [0, 0.1) is 11.6 Å². The summed E-state index contributed by atoms with van der Waals surface area (Å²) in [6.07, 6.45) is 3.22. The molecule has 2 N–H and O–H groups in total. The maximum absolute atomic E-state index is 13.4. The van der Waals surface area contributed by atoms with Gasteiger partial charge < -0.3 is 15.2 Å². The van der Waals surface area contributed by atoms with Gasteiger partial charge in [-0.05, 0) is 25.1 Å². The predicted octanol–water partition coefficient (Wildman–Crippen LogP) is 3.37. The molecule has 4 aromatic rings. The van der Waals surface area contributed by atoms with Crippen molar-refractivity contribution in [3.8, 4) is 11.5 Å². The molecular formula is C18H16F2N8. The van der Waals surface area contributed by atoms with Gasteiger partial charge in [0.15, 0.2) is 23.1 Å². The van der Waals surface area contributed by atoms with Crippen molar-refractivity contribution in [3.05, 3.63) is 48.3 Å². The van der Waals surface area contributed by atoms with E-state index in [4.69, 9.17) is 0 Å². The first-order valence-corrected chi connectivity index (χ1v) is 8.55. The van der Waals surface area contributed by atoms with Gasteiger partial charge in [-0.3, -0.25) is 0 Å². The monoisotopic (exact) mass is 382 g/mol. The summed E-state index contributed by atoms with van der Waals surface area (Å²) in [7, 11) is 1.74. The molecule has 0 saturated carbocycles. The molecule has 0 saturated heterocycles. The Balaban J connectivity index is 1.75. The van der Waals surface area contributed by atoms with E-state index in [1.165, 1.54) is 6.07 Å². The van der Waals surface area contributed by atoms with Gasteiger partial charge >= 0.3 is 0 Å². The molecular weight excluding hydrogens is 366 g/mol. The lowest BCUT2D eigenvalue weighted by Gasteiger charge is -2.07. The minimum absolute atomic E-state index is 0.248. The highest BCUT2D eigenvalue weighted by atomic mass is 19.2. The third-order valence-corrected chi connectivity index (χ3v) is 4.09. The number of aryl methyl sites for hydroxylation is 1. The van der Waals surface area contributed by atoms with Crippen LogP contribution in [0.25, 0.3) is 22.7 Å². The number of halogens is 2. The number of aromatic nitrogens is 6. The summed E-state index contributed by atoms with van der Waals surface area (Å²) in [5.41, 5.74) is 2.18. The average molecular weight is 382 g/mol. The highest BCUT2D eigenvalue weighted by molar-refractivity contribution is 5.77. The van der Waals surface area contributed by atoms with Gasteiger partial charge in [-0.2, -0.15) is 4.98 Å². The molecule has 0 unspecified atom stereocenters. The molecule has 0 aliphatic rings. The molecule has 3 heterocycles. The summed E-state index contributed by atoms with van der Waals surface area (Å²) in [4.78, 5) is 21.8. The quantitative estimate of drug-likeness (QED) is 0.547. The van der Waals surface area contributed by atoms with Gasteiger partial charge in [-0.25, -0.2) is 28.7 Å². The summed E-state index contributed by atoms with van der Waals surface area (Å²) in [5, 5.41) is 5.78. The van der Waals surface area contributed by atoms with E-state index in [2.05, 4.69) is 35.6 Å². The standard InChI is InChI=1S/C18H16F2N8/c1-3-28-15(13-6-7-22-17(21-2)26-13)25-14-9-23-18(27-16(14)28)24-10-4-5-11(19)12(20)8-10/h4-9H,3H2,1-2H3,(H,21,22,26)(H,23,24,27). The molecule has 142 valence electrons. The van der Waals surface area contributed by atoms with Crippen LogP contribution in [0.5, 0.6) is 0 Å². The van der Waals surface area contributed by atoms with E-state index in [9.17, 15) is 8.78 Å². The van der Waals surface area contributed by atoms with Crippen LogP contribution in [0.15, 0.2) is 36.7 Å². The van der Waals surface area contributed by atoms with E-state index < -0.39 is 11.6 Å². The van der Waals surface area contributed by atoms with Crippen LogP contribution in [0.1, 0.15) is 6.92 Å². The van der Waals surface area contributed by atoms with Crippen molar-refractivity contribution in [1.82, 2.24) is 29.5 Å². The number of anilines is 3. The molecule has 0 bridgehead atoms. The molecule has 3 aromatic heterocycles. The topological polar surface area (TPSA) is 93.4 Å². The number of hydrogen-bond donors (Lipinski definition) is 2. The van der Waals surface area contributed by atoms with E-state index in [1.54, 1.807) is 25.5 Å². The normalized spacial score (nSPS) is 11.0.